The Morgan fingerprint density at radius 2 is 2.05 bits per heavy atom. The molecule has 0 saturated heterocycles. The third-order valence-corrected chi connectivity index (χ3v) is 3.59. The first-order valence-corrected chi connectivity index (χ1v) is 6.51. The van der Waals surface area contributed by atoms with Gasteiger partial charge in [-0.25, -0.2) is 4.39 Å². The van der Waals surface area contributed by atoms with Gasteiger partial charge in [-0.15, -0.1) is 0 Å². The maximum Gasteiger partial charge on any atom is 0.131 e. The standard InChI is InChI=1S/C16H13ClFO/c1-9-3-4-12(17)7-14(9)15-8-13(18)6-11-5-10(2)19-16(11)15/h3-4,6-8,10H,2,5H2,1H3/t10-/m1/s1. The van der Waals surface area contributed by atoms with Gasteiger partial charge in [0.25, 0.3) is 0 Å². The molecule has 0 N–H and O–H groups in total. The van der Waals surface area contributed by atoms with Crippen LogP contribution in [0.4, 0.5) is 4.39 Å². The van der Waals surface area contributed by atoms with Crippen LogP contribution in [0, 0.1) is 19.7 Å². The molecule has 0 fully saturated rings. The van der Waals surface area contributed by atoms with Crippen molar-refractivity contribution >= 4 is 11.6 Å². The summed E-state index contributed by atoms with van der Waals surface area (Å²) in [6, 6.07) is 8.60. The van der Waals surface area contributed by atoms with Crippen molar-refractivity contribution in [3.63, 3.8) is 0 Å². The van der Waals surface area contributed by atoms with Crippen molar-refractivity contribution < 1.29 is 9.13 Å². The summed E-state index contributed by atoms with van der Waals surface area (Å²) in [6.07, 6.45) is 0.481. The summed E-state index contributed by atoms with van der Waals surface area (Å²) in [5, 5.41) is 0.628. The highest BCUT2D eigenvalue weighted by Gasteiger charge is 2.24. The monoisotopic (exact) mass is 275 g/mol. The fraction of sp³-hybridized carbons (Fsp3) is 0.188. The molecule has 2 aromatic rings. The van der Waals surface area contributed by atoms with Gasteiger partial charge >= 0.3 is 0 Å². The number of hydrogen-bond acceptors (Lipinski definition) is 1. The molecular formula is C16H13ClFO. The van der Waals surface area contributed by atoms with Crippen molar-refractivity contribution in [3.8, 4) is 16.9 Å². The summed E-state index contributed by atoms with van der Waals surface area (Å²) >= 11 is 6.04. The van der Waals surface area contributed by atoms with Crippen LogP contribution in [0.15, 0.2) is 30.3 Å². The van der Waals surface area contributed by atoms with Gasteiger partial charge in [-0.1, -0.05) is 17.7 Å². The van der Waals surface area contributed by atoms with Crippen LogP contribution in [0.5, 0.6) is 5.75 Å². The van der Waals surface area contributed by atoms with Gasteiger partial charge < -0.3 is 4.74 Å². The first-order valence-electron chi connectivity index (χ1n) is 6.13. The Balaban J connectivity index is 2.23. The van der Waals surface area contributed by atoms with Gasteiger partial charge in [-0.05, 0) is 49.2 Å². The lowest BCUT2D eigenvalue weighted by Crippen LogP contribution is -2.06. The van der Waals surface area contributed by atoms with Crippen molar-refractivity contribution in [2.24, 2.45) is 0 Å². The number of hydrogen-bond donors (Lipinski definition) is 0. The Morgan fingerprint density at radius 1 is 1.26 bits per heavy atom. The van der Waals surface area contributed by atoms with Gasteiger partial charge in [-0.3, -0.25) is 0 Å². The molecule has 0 unspecified atom stereocenters. The molecule has 2 aromatic carbocycles. The van der Waals surface area contributed by atoms with Gasteiger partial charge in [0.15, 0.2) is 0 Å². The minimum atomic E-state index is -0.258. The molecule has 0 amide bonds. The number of halogens is 2. The highest BCUT2D eigenvalue weighted by molar-refractivity contribution is 6.30. The molecule has 0 bridgehead atoms. The second kappa shape index (κ2) is 4.53. The molecule has 3 heteroatoms. The molecule has 1 heterocycles. The Hall–Kier alpha value is -1.54. The topological polar surface area (TPSA) is 9.23 Å². The van der Waals surface area contributed by atoms with Crippen molar-refractivity contribution in [2.45, 2.75) is 19.4 Å². The first kappa shape index (κ1) is 12.5. The van der Waals surface area contributed by atoms with Crippen LogP contribution >= 0.6 is 11.6 Å². The summed E-state index contributed by atoms with van der Waals surface area (Å²) < 4.78 is 19.5. The zero-order chi connectivity index (χ0) is 13.6. The quantitative estimate of drug-likeness (QED) is 0.739. The third kappa shape index (κ3) is 2.21. The predicted molar refractivity (Wildman–Crippen MR) is 75.1 cm³/mol. The molecule has 0 saturated carbocycles. The number of aryl methyl sites for hydroxylation is 1. The second-order valence-corrected chi connectivity index (χ2v) is 5.28. The molecule has 1 radical (unpaired) electrons. The Labute approximate surface area is 117 Å². The molecule has 19 heavy (non-hydrogen) atoms. The summed E-state index contributed by atoms with van der Waals surface area (Å²) in [4.78, 5) is 0. The van der Waals surface area contributed by atoms with E-state index >= 15 is 0 Å². The lowest BCUT2D eigenvalue weighted by Gasteiger charge is -2.12. The molecule has 1 atom stereocenters. The molecular weight excluding hydrogens is 263 g/mol. The van der Waals surface area contributed by atoms with Gasteiger partial charge in [0.2, 0.25) is 0 Å². The van der Waals surface area contributed by atoms with Gasteiger partial charge in [0.05, 0.1) is 0 Å². The lowest BCUT2D eigenvalue weighted by atomic mass is 9.97. The molecule has 0 aliphatic carbocycles. The van der Waals surface area contributed by atoms with E-state index in [1.165, 1.54) is 12.1 Å². The normalized spacial score (nSPS) is 17.2. The number of ether oxygens (including phenoxy) is 1. The largest absolute Gasteiger partial charge is 0.489 e. The number of rotatable bonds is 1. The van der Waals surface area contributed by atoms with Gasteiger partial charge in [0.1, 0.15) is 17.7 Å². The zero-order valence-corrected chi connectivity index (χ0v) is 11.3. The molecule has 1 nitrogen and oxygen atoms in total. The number of fused-ring (bicyclic) bond motifs is 1. The van der Waals surface area contributed by atoms with E-state index in [0.717, 1.165) is 28.0 Å². The van der Waals surface area contributed by atoms with Crippen LogP contribution in [-0.2, 0) is 6.42 Å². The Morgan fingerprint density at radius 3 is 2.84 bits per heavy atom. The summed E-state index contributed by atoms with van der Waals surface area (Å²) in [6.45, 7) is 5.86. The Bertz CT molecular complexity index is 651. The van der Waals surface area contributed by atoms with E-state index in [2.05, 4.69) is 6.92 Å². The van der Waals surface area contributed by atoms with Crippen LogP contribution in [-0.4, -0.2) is 6.10 Å². The Kier molecular flexibility index (Phi) is 2.98. The summed E-state index contributed by atoms with van der Waals surface area (Å²) in [5.41, 5.74) is 3.56. The summed E-state index contributed by atoms with van der Waals surface area (Å²) in [5.74, 6) is 0.470. The van der Waals surface area contributed by atoms with Crippen LogP contribution in [0.1, 0.15) is 11.1 Å². The maximum atomic E-state index is 13.8. The van der Waals surface area contributed by atoms with E-state index in [1.807, 2.05) is 25.1 Å². The fourth-order valence-electron chi connectivity index (χ4n) is 2.48. The van der Waals surface area contributed by atoms with Crippen LogP contribution in [0.2, 0.25) is 5.02 Å². The molecule has 0 aromatic heterocycles. The van der Waals surface area contributed by atoms with E-state index in [-0.39, 0.29) is 11.9 Å². The third-order valence-electron chi connectivity index (χ3n) is 3.35. The van der Waals surface area contributed by atoms with Crippen molar-refractivity contribution in [1.29, 1.82) is 0 Å². The fourth-order valence-corrected chi connectivity index (χ4v) is 2.65. The average molecular weight is 276 g/mol. The van der Waals surface area contributed by atoms with Crippen LogP contribution < -0.4 is 4.74 Å². The van der Waals surface area contributed by atoms with E-state index < -0.39 is 0 Å². The highest BCUT2D eigenvalue weighted by Crippen LogP contribution is 2.41. The minimum absolute atomic E-state index is 0.157. The average Bonchev–Trinajstić information content (AvgIpc) is 2.71. The predicted octanol–water partition coefficient (Wildman–Crippen LogP) is 4.59. The van der Waals surface area contributed by atoms with Gasteiger partial charge in [-0.2, -0.15) is 0 Å². The van der Waals surface area contributed by atoms with E-state index in [1.54, 1.807) is 0 Å². The van der Waals surface area contributed by atoms with E-state index in [9.17, 15) is 4.39 Å². The highest BCUT2D eigenvalue weighted by atomic mass is 35.5. The lowest BCUT2D eigenvalue weighted by molar-refractivity contribution is 0.282. The number of benzene rings is 2. The molecule has 1 aliphatic rings. The van der Waals surface area contributed by atoms with E-state index in [0.29, 0.717) is 11.4 Å². The van der Waals surface area contributed by atoms with Gasteiger partial charge in [0, 0.05) is 22.6 Å². The second-order valence-electron chi connectivity index (χ2n) is 4.84. The zero-order valence-electron chi connectivity index (χ0n) is 10.5. The maximum absolute atomic E-state index is 13.8. The van der Waals surface area contributed by atoms with Crippen LogP contribution in [0.3, 0.4) is 0 Å². The summed E-state index contributed by atoms with van der Waals surface area (Å²) in [7, 11) is 0. The smallest absolute Gasteiger partial charge is 0.131 e. The first-order chi connectivity index (χ1) is 9.04. The van der Waals surface area contributed by atoms with Crippen molar-refractivity contribution in [1.82, 2.24) is 0 Å². The molecule has 1 aliphatic heterocycles. The van der Waals surface area contributed by atoms with Crippen molar-refractivity contribution in [3.05, 3.63) is 59.2 Å². The molecule has 0 spiro atoms. The van der Waals surface area contributed by atoms with Crippen LogP contribution in [0.25, 0.3) is 11.1 Å². The van der Waals surface area contributed by atoms with E-state index in [4.69, 9.17) is 16.3 Å². The molecule has 97 valence electrons. The SMILES string of the molecule is [CH2][C@@H]1Cc2cc(F)cc(-c3cc(Cl)ccc3C)c2O1. The molecule has 3 rings (SSSR count). The minimum Gasteiger partial charge on any atom is -0.489 e. The van der Waals surface area contributed by atoms with Crippen molar-refractivity contribution in [2.75, 3.05) is 0 Å².